The molecular weight excluding hydrogens is 468 g/mol. The minimum atomic E-state index is -1.80. The maximum atomic E-state index is 14.7. The van der Waals surface area contributed by atoms with Crippen LogP contribution < -0.4 is 0 Å². The Kier molecular flexibility index (Phi) is 5.17. The number of benzene rings is 1. The van der Waals surface area contributed by atoms with Crippen LogP contribution in [-0.4, -0.2) is 47.1 Å². The molecule has 1 aliphatic heterocycles. The van der Waals surface area contributed by atoms with Gasteiger partial charge in [-0.2, -0.15) is 0 Å². The lowest BCUT2D eigenvalue weighted by molar-refractivity contribution is -0.302. The SMILES string of the molecule is CC1=CC23C(=O)C(C=C4COC(C)(C)OC4C2(O)C1OC(=O)c1ccccc1C)C1C(CC3C)C1(C)C. The molecule has 3 fully saturated rings. The zero-order valence-electron chi connectivity index (χ0n) is 22.8. The first-order chi connectivity index (χ1) is 17.3. The van der Waals surface area contributed by atoms with Crippen LogP contribution in [0.25, 0.3) is 0 Å². The van der Waals surface area contributed by atoms with Gasteiger partial charge in [0.1, 0.15) is 6.10 Å². The lowest BCUT2D eigenvalue weighted by atomic mass is 9.59. The number of ether oxygens (including phenoxy) is 3. The quantitative estimate of drug-likeness (QED) is 0.459. The second kappa shape index (κ2) is 7.64. The van der Waals surface area contributed by atoms with E-state index in [1.165, 1.54) is 0 Å². The average Bonchev–Trinajstić information content (AvgIpc) is 3.31. The second-order valence-corrected chi connectivity index (χ2v) is 13.1. The van der Waals surface area contributed by atoms with E-state index in [0.29, 0.717) is 17.1 Å². The van der Waals surface area contributed by atoms with Gasteiger partial charge in [0.15, 0.2) is 23.3 Å². The van der Waals surface area contributed by atoms with E-state index in [9.17, 15) is 14.7 Å². The first-order valence-electron chi connectivity index (χ1n) is 13.5. The van der Waals surface area contributed by atoms with Crippen molar-refractivity contribution in [2.24, 2.45) is 34.5 Å². The highest BCUT2D eigenvalue weighted by molar-refractivity contribution is 5.96. The summed E-state index contributed by atoms with van der Waals surface area (Å²) in [6.45, 7) is 14.2. The van der Waals surface area contributed by atoms with Gasteiger partial charge in [0, 0.05) is 5.92 Å². The van der Waals surface area contributed by atoms with E-state index in [2.05, 4.69) is 20.8 Å². The van der Waals surface area contributed by atoms with Gasteiger partial charge in [0.2, 0.25) is 0 Å². The Labute approximate surface area is 219 Å². The van der Waals surface area contributed by atoms with Gasteiger partial charge in [0.25, 0.3) is 0 Å². The molecule has 0 radical (unpaired) electrons. The van der Waals surface area contributed by atoms with Crippen LogP contribution in [0.1, 0.15) is 63.9 Å². The molecule has 198 valence electrons. The Bertz CT molecular complexity index is 1260. The van der Waals surface area contributed by atoms with E-state index >= 15 is 0 Å². The fraction of sp³-hybridized carbons (Fsp3) is 0.613. The molecule has 8 atom stereocenters. The number of carbonyl (C=O) groups is 2. The zero-order valence-corrected chi connectivity index (χ0v) is 22.8. The lowest BCUT2D eigenvalue weighted by Crippen LogP contribution is -2.68. The molecule has 1 aromatic rings. The molecule has 4 aliphatic carbocycles. The minimum Gasteiger partial charge on any atom is -0.451 e. The third-order valence-electron chi connectivity index (χ3n) is 10.3. The van der Waals surface area contributed by atoms with E-state index in [0.717, 1.165) is 17.6 Å². The first-order valence-corrected chi connectivity index (χ1v) is 13.5. The summed E-state index contributed by atoms with van der Waals surface area (Å²) >= 11 is 0. The molecule has 1 heterocycles. The highest BCUT2D eigenvalue weighted by atomic mass is 16.7. The molecule has 1 aromatic carbocycles. The van der Waals surface area contributed by atoms with Crippen molar-refractivity contribution in [1.29, 1.82) is 0 Å². The Morgan fingerprint density at radius 1 is 1.14 bits per heavy atom. The summed E-state index contributed by atoms with van der Waals surface area (Å²) in [6.07, 6.45) is 2.88. The molecule has 0 aromatic heterocycles. The number of aryl methyl sites for hydroxylation is 1. The number of fused-ring (bicyclic) bond motifs is 5. The van der Waals surface area contributed by atoms with Crippen LogP contribution in [-0.2, 0) is 19.0 Å². The summed E-state index contributed by atoms with van der Waals surface area (Å²) in [6, 6.07) is 7.25. The van der Waals surface area contributed by atoms with E-state index in [4.69, 9.17) is 14.2 Å². The lowest BCUT2D eigenvalue weighted by Gasteiger charge is -2.52. The van der Waals surface area contributed by atoms with Crippen molar-refractivity contribution in [3.8, 4) is 0 Å². The molecule has 8 unspecified atom stereocenters. The van der Waals surface area contributed by atoms with Crippen molar-refractivity contribution in [3.05, 3.63) is 58.7 Å². The molecule has 6 heteroatoms. The van der Waals surface area contributed by atoms with Crippen LogP contribution in [0.3, 0.4) is 0 Å². The predicted octanol–water partition coefficient (Wildman–Crippen LogP) is 4.79. The summed E-state index contributed by atoms with van der Waals surface area (Å²) in [7, 11) is 0. The molecule has 2 bridgehead atoms. The summed E-state index contributed by atoms with van der Waals surface area (Å²) in [4.78, 5) is 28.2. The third kappa shape index (κ3) is 3.15. The van der Waals surface area contributed by atoms with Gasteiger partial charge in [-0.1, -0.05) is 51.1 Å². The van der Waals surface area contributed by atoms with Crippen LogP contribution >= 0.6 is 0 Å². The number of hydrogen-bond acceptors (Lipinski definition) is 6. The highest BCUT2D eigenvalue weighted by Crippen LogP contribution is 2.72. The number of hydrogen-bond donors (Lipinski definition) is 1. The number of esters is 1. The monoisotopic (exact) mass is 506 g/mol. The van der Waals surface area contributed by atoms with Gasteiger partial charge in [-0.05, 0) is 80.1 Å². The van der Waals surface area contributed by atoms with Gasteiger partial charge in [-0.25, -0.2) is 4.79 Å². The molecule has 1 spiro atoms. The first kappa shape index (κ1) is 25.0. The topological polar surface area (TPSA) is 82.1 Å². The zero-order chi connectivity index (χ0) is 26.7. The average molecular weight is 507 g/mol. The van der Waals surface area contributed by atoms with Crippen molar-refractivity contribution in [2.75, 3.05) is 6.61 Å². The second-order valence-electron chi connectivity index (χ2n) is 13.1. The maximum absolute atomic E-state index is 14.7. The van der Waals surface area contributed by atoms with Crippen molar-refractivity contribution in [3.63, 3.8) is 0 Å². The molecule has 1 N–H and O–H groups in total. The summed E-state index contributed by atoms with van der Waals surface area (Å²) in [5.74, 6) is -1.40. The van der Waals surface area contributed by atoms with Crippen molar-refractivity contribution in [1.82, 2.24) is 0 Å². The van der Waals surface area contributed by atoms with E-state index in [-0.39, 0.29) is 35.6 Å². The number of allylic oxidation sites excluding steroid dienone is 1. The summed E-state index contributed by atoms with van der Waals surface area (Å²) < 4.78 is 18.7. The van der Waals surface area contributed by atoms with Crippen molar-refractivity contribution >= 4 is 11.8 Å². The molecule has 6 nitrogen and oxygen atoms in total. The number of Topliss-reactive ketones (excluding diaryl/α,β-unsaturated/α-hetero) is 1. The van der Waals surface area contributed by atoms with Gasteiger partial charge in [-0.15, -0.1) is 0 Å². The Morgan fingerprint density at radius 2 is 1.84 bits per heavy atom. The van der Waals surface area contributed by atoms with Crippen LogP contribution in [0.4, 0.5) is 0 Å². The molecule has 37 heavy (non-hydrogen) atoms. The van der Waals surface area contributed by atoms with Crippen molar-refractivity contribution < 1.29 is 28.9 Å². The minimum absolute atomic E-state index is 0.0117. The van der Waals surface area contributed by atoms with Gasteiger partial charge < -0.3 is 19.3 Å². The molecule has 5 aliphatic rings. The normalized spacial score (nSPS) is 42.8. The molecule has 2 saturated carbocycles. The third-order valence-corrected chi connectivity index (χ3v) is 10.3. The Balaban J connectivity index is 1.52. The van der Waals surface area contributed by atoms with E-state index in [1.54, 1.807) is 12.1 Å². The van der Waals surface area contributed by atoms with Crippen LogP contribution in [0.2, 0.25) is 0 Å². The fourth-order valence-electron chi connectivity index (χ4n) is 8.27. The fourth-order valence-corrected chi connectivity index (χ4v) is 8.27. The highest BCUT2D eigenvalue weighted by Gasteiger charge is 2.77. The molecular formula is C31H38O6. The van der Waals surface area contributed by atoms with Gasteiger partial charge in [0.05, 0.1) is 17.6 Å². The summed E-state index contributed by atoms with van der Waals surface area (Å²) in [5, 5.41) is 13.0. The van der Waals surface area contributed by atoms with Crippen LogP contribution in [0, 0.1) is 41.4 Å². The predicted molar refractivity (Wildman–Crippen MR) is 138 cm³/mol. The Morgan fingerprint density at radius 3 is 2.54 bits per heavy atom. The summed E-state index contributed by atoms with van der Waals surface area (Å²) in [5.41, 5.74) is -0.301. The molecule has 6 rings (SSSR count). The molecule has 1 saturated heterocycles. The largest absolute Gasteiger partial charge is 0.451 e. The maximum Gasteiger partial charge on any atom is 0.339 e. The van der Waals surface area contributed by atoms with Gasteiger partial charge in [-0.3, -0.25) is 4.79 Å². The number of ketones is 1. The smallest absolute Gasteiger partial charge is 0.339 e. The van der Waals surface area contributed by atoms with Crippen molar-refractivity contribution in [2.45, 2.75) is 78.5 Å². The van der Waals surface area contributed by atoms with Gasteiger partial charge >= 0.3 is 5.97 Å². The van der Waals surface area contributed by atoms with E-state index in [1.807, 2.05) is 52.0 Å². The van der Waals surface area contributed by atoms with Crippen LogP contribution in [0.15, 0.2) is 47.6 Å². The Hall–Kier alpha value is -2.28. The number of carbonyl (C=O) groups excluding carboxylic acids is 2. The standard InChI is InChI=1S/C31H38O6/c1-16-10-8-9-11-20(16)27(33)36-25-17(2)14-30-18(3)12-22-23(28(22,4)5)21(24(30)32)13-19-15-35-29(6,7)37-26(19)31(25,30)34/h8-11,13-14,18,21-23,25-26,34H,12,15H2,1-7H3. The van der Waals surface area contributed by atoms with Crippen LogP contribution in [0.5, 0.6) is 0 Å². The number of aliphatic hydroxyl groups is 1. The van der Waals surface area contributed by atoms with E-state index < -0.39 is 35.0 Å². The number of rotatable bonds is 2. The molecule has 0 amide bonds.